The van der Waals surface area contributed by atoms with Crippen LogP contribution in [0.2, 0.25) is 0 Å². The number of rotatable bonds is 4. The van der Waals surface area contributed by atoms with Crippen LogP contribution in [0, 0.1) is 11.2 Å². The highest BCUT2D eigenvalue weighted by Gasteiger charge is 2.39. The molecule has 1 aliphatic carbocycles. The molecule has 0 radical (unpaired) electrons. The highest BCUT2D eigenvalue weighted by atomic mass is 19.1. The lowest BCUT2D eigenvalue weighted by Gasteiger charge is -2.33. The Bertz CT molecular complexity index is 492. The quantitative estimate of drug-likeness (QED) is 0.890. The predicted molar refractivity (Wildman–Crippen MR) is 71.9 cm³/mol. The molecule has 0 bridgehead atoms. The summed E-state index contributed by atoms with van der Waals surface area (Å²) in [7, 11) is 0. The van der Waals surface area contributed by atoms with Crippen molar-refractivity contribution in [3.8, 4) is 0 Å². The van der Waals surface area contributed by atoms with Crippen molar-refractivity contribution >= 4 is 11.9 Å². The topological polar surface area (TPSA) is 66.4 Å². The summed E-state index contributed by atoms with van der Waals surface area (Å²) in [5.74, 6) is -1.62. The van der Waals surface area contributed by atoms with Gasteiger partial charge in [-0.15, -0.1) is 0 Å². The van der Waals surface area contributed by atoms with Crippen LogP contribution in [-0.2, 0) is 4.79 Å². The van der Waals surface area contributed by atoms with Crippen molar-refractivity contribution in [2.45, 2.75) is 32.1 Å². The Morgan fingerprint density at radius 2 is 1.75 bits per heavy atom. The Morgan fingerprint density at radius 1 is 1.15 bits per heavy atom. The fraction of sp³-hybridized carbons (Fsp3) is 0.467. The fourth-order valence-electron chi connectivity index (χ4n) is 2.65. The van der Waals surface area contributed by atoms with Gasteiger partial charge in [0, 0.05) is 12.1 Å². The third kappa shape index (κ3) is 3.15. The van der Waals surface area contributed by atoms with Gasteiger partial charge in [0.05, 0.1) is 5.41 Å². The van der Waals surface area contributed by atoms with Crippen LogP contribution in [-0.4, -0.2) is 23.5 Å². The average molecular weight is 279 g/mol. The number of hydrogen-bond donors (Lipinski definition) is 2. The van der Waals surface area contributed by atoms with Crippen LogP contribution in [0.4, 0.5) is 4.39 Å². The van der Waals surface area contributed by atoms with E-state index in [1.165, 1.54) is 24.3 Å². The SMILES string of the molecule is O=C(NCC1(C(=O)O)CCCCC1)c1ccc(F)cc1. The molecular weight excluding hydrogens is 261 g/mol. The number of carboxylic acid groups (broad SMARTS) is 1. The van der Waals surface area contributed by atoms with Gasteiger partial charge in [0.2, 0.25) is 0 Å². The highest BCUT2D eigenvalue weighted by Crippen LogP contribution is 2.36. The van der Waals surface area contributed by atoms with Crippen molar-refractivity contribution in [2.75, 3.05) is 6.54 Å². The number of halogens is 1. The number of nitrogens with one attached hydrogen (secondary N) is 1. The molecule has 20 heavy (non-hydrogen) atoms. The van der Waals surface area contributed by atoms with E-state index in [1.54, 1.807) is 0 Å². The second-order valence-electron chi connectivity index (χ2n) is 5.34. The molecule has 0 atom stereocenters. The molecule has 0 aromatic heterocycles. The molecule has 1 aromatic rings. The Morgan fingerprint density at radius 3 is 2.30 bits per heavy atom. The zero-order chi connectivity index (χ0) is 14.6. The zero-order valence-electron chi connectivity index (χ0n) is 11.2. The first-order valence-electron chi connectivity index (χ1n) is 6.81. The van der Waals surface area contributed by atoms with E-state index in [4.69, 9.17) is 0 Å². The molecule has 0 saturated heterocycles. The van der Waals surface area contributed by atoms with Crippen LogP contribution < -0.4 is 5.32 Å². The first-order valence-corrected chi connectivity index (χ1v) is 6.81. The Labute approximate surface area is 117 Å². The van der Waals surface area contributed by atoms with Crippen LogP contribution >= 0.6 is 0 Å². The number of carboxylic acids is 1. The standard InChI is InChI=1S/C15H18FNO3/c16-12-6-4-11(5-7-12)13(18)17-10-15(14(19)20)8-2-1-3-9-15/h4-7H,1-3,8-10H2,(H,17,18)(H,19,20). The number of amides is 1. The predicted octanol–water partition coefficient (Wildman–Crippen LogP) is 2.59. The zero-order valence-corrected chi connectivity index (χ0v) is 11.2. The molecule has 5 heteroatoms. The van der Waals surface area contributed by atoms with E-state index in [1.807, 2.05) is 0 Å². The van der Waals surface area contributed by atoms with E-state index in [0.29, 0.717) is 18.4 Å². The molecule has 0 heterocycles. The second kappa shape index (κ2) is 6.03. The summed E-state index contributed by atoms with van der Waals surface area (Å²) in [5.41, 5.74) is -0.517. The molecule has 2 N–H and O–H groups in total. The van der Waals surface area contributed by atoms with Crippen molar-refractivity contribution in [3.05, 3.63) is 35.6 Å². The maximum Gasteiger partial charge on any atom is 0.311 e. The van der Waals surface area contributed by atoms with E-state index in [-0.39, 0.29) is 12.5 Å². The van der Waals surface area contributed by atoms with E-state index >= 15 is 0 Å². The molecule has 1 fully saturated rings. The van der Waals surface area contributed by atoms with E-state index in [0.717, 1.165) is 19.3 Å². The van der Waals surface area contributed by atoms with Gasteiger partial charge in [0.25, 0.3) is 5.91 Å². The Balaban J connectivity index is 2.00. The minimum atomic E-state index is -0.853. The van der Waals surface area contributed by atoms with E-state index in [2.05, 4.69) is 5.32 Å². The third-order valence-electron chi connectivity index (χ3n) is 3.96. The van der Waals surface area contributed by atoms with Gasteiger partial charge in [-0.3, -0.25) is 9.59 Å². The third-order valence-corrected chi connectivity index (χ3v) is 3.96. The van der Waals surface area contributed by atoms with E-state index < -0.39 is 17.2 Å². The average Bonchev–Trinajstić information content (AvgIpc) is 2.46. The summed E-state index contributed by atoms with van der Waals surface area (Å²) in [6.45, 7) is 0.124. The molecule has 1 aliphatic rings. The minimum Gasteiger partial charge on any atom is -0.481 e. The maximum atomic E-state index is 12.8. The van der Waals surface area contributed by atoms with Gasteiger partial charge in [0.15, 0.2) is 0 Å². The molecule has 108 valence electrons. The van der Waals surface area contributed by atoms with Gasteiger partial charge in [-0.05, 0) is 37.1 Å². The lowest BCUT2D eigenvalue weighted by atomic mass is 9.74. The molecule has 1 amide bonds. The number of aliphatic carboxylic acids is 1. The van der Waals surface area contributed by atoms with Crippen molar-refractivity contribution < 1.29 is 19.1 Å². The lowest BCUT2D eigenvalue weighted by molar-refractivity contribution is -0.150. The molecule has 4 nitrogen and oxygen atoms in total. The number of hydrogen-bond acceptors (Lipinski definition) is 2. The number of benzene rings is 1. The summed E-state index contributed by atoms with van der Waals surface area (Å²) in [4.78, 5) is 23.4. The molecular formula is C15H18FNO3. The molecule has 0 spiro atoms. The van der Waals surface area contributed by atoms with Gasteiger partial charge < -0.3 is 10.4 Å². The maximum absolute atomic E-state index is 12.8. The van der Waals surface area contributed by atoms with Crippen LogP contribution in [0.15, 0.2) is 24.3 Å². The van der Waals surface area contributed by atoms with Crippen LogP contribution in [0.5, 0.6) is 0 Å². The second-order valence-corrected chi connectivity index (χ2v) is 5.34. The van der Waals surface area contributed by atoms with Gasteiger partial charge in [-0.25, -0.2) is 4.39 Å². The monoisotopic (exact) mass is 279 g/mol. The first kappa shape index (κ1) is 14.5. The number of carbonyl (C=O) groups excluding carboxylic acids is 1. The van der Waals surface area contributed by atoms with Gasteiger partial charge in [-0.2, -0.15) is 0 Å². The van der Waals surface area contributed by atoms with Gasteiger partial charge in [-0.1, -0.05) is 19.3 Å². The Kier molecular flexibility index (Phi) is 4.37. The lowest BCUT2D eigenvalue weighted by Crippen LogP contribution is -2.44. The largest absolute Gasteiger partial charge is 0.481 e. The van der Waals surface area contributed by atoms with Crippen LogP contribution in [0.1, 0.15) is 42.5 Å². The molecule has 0 aliphatic heterocycles. The van der Waals surface area contributed by atoms with Gasteiger partial charge >= 0.3 is 5.97 Å². The first-order chi connectivity index (χ1) is 9.53. The number of carbonyl (C=O) groups is 2. The summed E-state index contributed by atoms with van der Waals surface area (Å²) >= 11 is 0. The molecule has 0 unspecified atom stereocenters. The Hall–Kier alpha value is -1.91. The fourth-order valence-corrected chi connectivity index (χ4v) is 2.65. The van der Waals surface area contributed by atoms with Crippen molar-refractivity contribution in [2.24, 2.45) is 5.41 Å². The summed E-state index contributed by atoms with van der Waals surface area (Å²) in [6.07, 6.45) is 3.97. The minimum absolute atomic E-state index is 0.124. The normalized spacial score (nSPS) is 17.4. The summed E-state index contributed by atoms with van der Waals surface area (Å²) in [5, 5.41) is 12.1. The smallest absolute Gasteiger partial charge is 0.311 e. The summed E-state index contributed by atoms with van der Waals surface area (Å²) in [6, 6.07) is 5.20. The summed E-state index contributed by atoms with van der Waals surface area (Å²) < 4.78 is 12.8. The molecule has 2 rings (SSSR count). The highest BCUT2D eigenvalue weighted by molar-refractivity contribution is 5.94. The van der Waals surface area contributed by atoms with Crippen molar-refractivity contribution in [1.29, 1.82) is 0 Å². The molecule has 1 aromatic carbocycles. The molecule has 1 saturated carbocycles. The van der Waals surface area contributed by atoms with Crippen LogP contribution in [0.3, 0.4) is 0 Å². The van der Waals surface area contributed by atoms with Crippen molar-refractivity contribution in [1.82, 2.24) is 5.32 Å². The van der Waals surface area contributed by atoms with Crippen molar-refractivity contribution in [3.63, 3.8) is 0 Å². The van der Waals surface area contributed by atoms with Crippen LogP contribution in [0.25, 0.3) is 0 Å². The van der Waals surface area contributed by atoms with E-state index in [9.17, 15) is 19.1 Å². The van der Waals surface area contributed by atoms with Gasteiger partial charge in [0.1, 0.15) is 5.82 Å².